The summed E-state index contributed by atoms with van der Waals surface area (Å²) in [5, 5.41) is 1.90. The maximum Gasteiger partial charge on any atom is 0.0767 e. The Kier molecular flexibility index (Phi) is 10.7. The van der Waals surface area contributed by atoms with Crippen molar-refractivity contribution in [2.24, 2.45) is 0 Å². The second-order valence-corrected chi connectivity index (χ2v) is 8.88. The van der Waals surface area contributed by atoms with Gasteiger partial charge in [-0.1, -0.05) is 114 Å². The van der Waals surface area contributed by atoms with Crippen molar-refractivity contribution in [2.45, 2.75) is 17.8 Å². The largest absolute Gasteiger partial charge is 0.672 e. The number of fused-ring (bicyclic) bond motifs is 1. The van der Waals surface area contributed by atoms with Crippen molar-refractivity contribution in [1.29, 1.82) is 0 Å². The molecule has 0 spiro atoms. The van der Waals surface area contributed by atoms with Crippen molar-refractivity contribution in [1.82, 2.24) is 0 Å². The van der Waals surface area contributed by atoms with Gasteiger partial charge in [-0.05, 0) is 16.3 Å². The number of halogens is 1. The fraction of sp³-hybridized carbons (Fsp3) is 0.115. The first-order valence-corrected chi connectivity index (χ1v) is 13.7. The minimum absolute atomic E-state index is 0. The van der Waals surface area contributed by atoms with Gasteiger partial charge >= 0.3 is 27.0 Å². The summed E-state index contributed by atoms with van der Waals surface area (Å²) in [4.78, 5) is 0. The summed E-state index contributed by atoms with van der Waals surface area (Å²) in [5.41, 5.74) is 10.9. The zero-order valence-electron chi connectivity index (χ0n) is 18.1. The molecule has 4 rings (SSSR count). The molecule has 4 nitrogen and oxygen atoms in total. The Morgan fingerprint density at radius 1 is 0.758 bits per heavy atom. The van der Waals surface area contributed by atoms with Crippen LogP contribution in [-0.4, -0.2) is 8.42 Å². The summed E-state index contributed by atoms with van der Waals surface area (Å²) >= 11 is 1.82. The van der Waals surface area contributed by atoms with Gasteiger partial charge in [0.1, 0.15) is 0 Å². The van der Waals surface area contributed by atoms with E-state index in [1.807, 2.05) is 120 Å². The van der Waals surface area contributed by atoms with Gasteiger partial charge in [-0.2, -0.15) is 0 Å². The summed E-state index contributed by atoms with van der Waals surface area (Å²) in [7, 11) is 0.747. The van der Waals surface area contributed by atoms with Crippen molar-refractivity contribution in [3.63, 3.8) is 0 Å². The molecule has 4 aromatic rings. The Balaban J connectivity index is 0.00000125. The van der Waals surface area contributed by atoms with E-state index in [9.17, 15) is 8.42 Å². The van der Waals surface area contributed by atoms with Crippen molar-refractivity contribution < 1.29 is 25.7 Å². The monoisotopic (exact) mass is 566 g/mol. The molecule has 33 heavy (non-hydrogen) atoms. The van der Waals surface area contributed by atoms with Crippen LogP contribution in [0.3, 0.4) is 0 Å². The van der Waals surface area contributed by atoms with Crippen molar-refractivity contribution >= 4 is 30.5 Å². The van der Waals surface area contributed by atoms with E-state index >= 15 is 0 Å². The van der Waals surface area contributed by atoms with Crippen molar-refractivity contribution in [2.75, 3.05) is 0 Å². The summed E-state index contributed by atoms with van der Waals surface area (Å²) in [6.07, 6.45) is 0. The molecule has 0 fully saturated rings. The van der Waals surface area contributed by atoms with Crippen LogP contribution in [0.4, 0.5) is 0 Å². The molecule has 0 amide bonds. The van der Waals surface area contributed by atoms with Gasteiger partial charge in [0.2, 0.25) is 0 Å². The van der Waals surface area contributed by atoms with E-state index in [0.29, 0.717) is 11.1 Å². The van der Waals surface area contributed by atoms with E-state index in [1.54, 1.807) is 0 Å². The number of sulfonamides is 1. The standard InChI is InChI=1S/C25H22N2O2S.CH3.ClH.Ru/c26-24(20-11-3-1-4-12-20)25(21-13-5-2-6-14-21)27-30(28,29)18-22-16-9-15-19-10-7-8-17-23(19)22;;;/h1-17,24-26H,18H2;1H3;1H;/q-2;-1;;+4/p-1. The second-order valence-electron chi connectivity index (χ2n) is 7.21. The number of hydrogen-bond acceptors (Lipinski definition) is 2. The number of nitrogens with zero attached hydrogens (tertiary/aromatic N) is 1. The zero-order valence-corrected chi connectivity index (χ0v) is 21.4. The number of nitrogens with one attached hydrogen (secondary N) is 1. The molecule has 0 aliphatic rings. The van der Waals surface area contributed by atoms with Crippen molar-refractivity contribution in [3.05, 3.63) is 138 Å². The van der Waals surface area contributed by atoms with Gasteiger partial charge in [0, 0.05) is 0 Å². The third kappa shape index (κ3) is 7.20. The average molecular weight is 566 g/mol. The van der Waals surface area contributed by atoms with Crippen LogP contribution < -0.4 is 0 Å². The number of benzene rings is 4. The summed E-state index contributed by atoms with van der Waals surface area (Å²) in [6.45, 7) is 0. The van der Waals surface area contributed by atoms with Crippen LogP contribution in [0.25, 0.3) is 21.2 Å². The Bertz CT molecular complexity index is 1230. The molecule has 0 saturated heterocycles. The molecule has 2 unspecified atom stereocenters. The smallest absolute Gasteiger partial charge is 0.0767 e. The average Bonchev–Trinajstić information content (AvgIpc) is 2.84. The molecule has 172 valence electrons. The van der Waals surface area contributed by atoms with Crippen LogP contribution >= 0.6 is 9.69 Å². The van der Waals surface area contributed by atoms with E-state index in [-0.39, 0.29) is 13.2 Å². The first-order valence-electron chi connectivity index (χ1n) is 9.89. The van der Waals surface area contributed by atoms with E-state index < -0.39 is 22.1 Å². The molecule has 0 aromatic heterocycles. The van der Waals surface area contributed by atoms with Crippen LogP contribution in [0.15, 0.2) is 103 Å². The van der Waals surface area contributed by atoms with Gasteiger partial charge in [-0.3, -0.25) is 0 Å². The molecule has 7 heteroatoms. The van der Waals surface area contributed by atoms with Gasteiger partial charge in [0.15, 0.2) is 0 Å². The Hall–Kier alpha value is -2.08. The molecule has 4 aromatic carbocycles. The summed E-state index contributed by atoms with van der Waals surface area (Å²) in [5.74, 6) is -0.195. The number of rotatable bonds is 7. The van der Waals surface area contributed by atoms with Gasteiger partial charge < -0.3 is 17.9 Å². The topological polar surface area (TPSA) is 72.0 Å². The third-order valence-corrected chi connectivity index (χ3v) is 6.33. The Labute approximate surface area is 210 Å². The van der Waals surface area contributed by atoms with Crippen LogP contribution in [0.1, 0.15) is 28.8 Å². The Morgan fingerprint density at radius 2 is 1.27 bits per heavy atom. The third-order valence-electron chi connectivity index (χ3n) is 5.11. The van der Waals surface area contributed by atoms with Gasteiger partial charge in [0.05, 0.1) is 15.8 Å². The molecule has 0 aliphatic heterocycles. The SMILES string of the molecule is [CH3-].[Cl][Ru+3].[NH-]C(c1ccccc1)C([N-]S(=O)(=O)Cc1cccc2ccccc12)c1ccccc1. The minimum atomic E-state index is -3.82. The maximum atomic E-state index is 13.1. The molecular formula is C26H25ClN2O2RuS. The first kappa shape index (κ1) is 27.2. The quantitative estimate of drug-likeness (QED) is 0.170. The molecule has 0 heterocycles. The van der Waals surface area contributed by atoms with E-state index in [4.69, 9.17) is 5.73 Å². The fourth-order valence-corrected chi connectivity index (χ4v) is 4.94. The van der Waals surface area contributed by atoms with E-state index in [1.165, 1.54) is 0 Å². The molecule has 1 N–H and O–H groups in total. The number of hydrogen-bond donors (Lipinski definition) is 0. The normalized spacial score (nSPS) is 12.7. The predicted molar refractivity (Wildman–Crippen MR) is 135 cm³/mol. The van der Waals surface area contributed by atoms with Crippen LogP contribution in [-0.2, 0) is 33.1 Å². The zero-order chi connectivity index (χ0) is 23.0. The minimum Gasteiger partial charge on any atom is -0.672 e. The van der Waals surface area contributed by atoms with E-state index in [2.05, 4.69) is 14.4 Å². The summed E-state index contributed by atoms with van der Waals surface area (Å²) in [6, 6.07) is 30.2. The molecule has 0 radical (unpaired) electrons. The Morgan fingerprint density at radius 3 is 1.91 bits per heavy atom. The molecular weight excluding hydrogens is 541 g/mol. The molecule has 0 bridgehead atoms. The van der Waals surface area contributed by atoms with Crippen LogP contribution in [0, 0.1) is 7.43 Å². The molecule has 2 atom stereocenters. The van der Waals surface area contributed by atoms with Crippen LogP contribution in [0.5, 0.6) is 0 Å². The maximum absolute atomic E-state index is 13.1. The van der Waals surface area contributed by atoms with Gasteiger partial charge in [-0.25, -0.2) is 8.42 Å². The van der Waals surface area contributed by atoms with Gasteiger partial charge in [0.25, 0.3) is 0 Å². The van der Waals surface area contributed by atoms with Crippen LogP contribution in [0.2, 0.25) is 0 Å². The summed E-state index contributed by atoms with van der Waals surface area (Å²) < 4.78 is 30.5. The van der Waals surface area contributed by atoms with Gasteiger partial charge in [-0.15, -0.1) is 12.1 Å². The van der Waals surface area contributed by atoms with Crippen molar-refractivity contribution in [3.8, 4) is 0 Å². The molecule has 0 aliphatic carbocycles. The first-order chi connectivity index (χ1) is 15.5. The predicted octanol–water partition coefficient (Wildman–Crippen LogP) is 7.72. The molecule has 0 saturated carbocycles. The second kappa shape index (κ2) is 13.0. The van der Waals surface area contributed by atoms with E-state index in [0.717, 1.165) is 16.3 Å². The fourth-order valence-electron chi connectivity index (χ4n) is 3.63.